The Kier molecular flexibility index (Phi) is 5.59. The number of benzene rings is 2. The van der Waals surface area contributed by atoms with Crippen molar-refractivity contribution in [1.29, 1.82) is 0 Å². The highest BCUT2D eigenvalue weighted by Gasteiger charge is 2.36. The number of nitrogens with one attached hydrogen (secondary N) is 1. The molecule has 0 saturated heterocycles. The second-order valence-corrected chi connectivity index (χ2v) is 5.79. The fourth-order valence-corrected chi connectivity index (χ4v) is 2.62. The Morgan fingerprint density at radius 3 is 2.46 bits per heavy atom. The van der Waals surface area contributed by atoms with E-state index in [1.165, 1.54) is 13.3 Å². The van der Waals surface area contributed by atoms with E-state index in [9.17, 15) is 14.4 Å². The summed E-state index contributed by atoms with van der Waals surface area (Å²) in [5.41, 5.74) is 1.49. The number of rotatable bonds is 6. The molecular weight excluding hydrogens is 362 g/mol. The van der Waals surface area contributed by atoms with Crippen molar-refractivity contribution in [3.8, 4) is 5.75 Å². The van der Waals surface area contributed by atoms with Crippen LogP contribution in [-0.2, 0) is 19.1 Å². The molecule has 3 aromatic rings. The Balaban J connectivity index is 1.90. The van der Waals surface area contributed by atoms with Crippen LogP contribution in [0.1, 0.15) is 11.6 Å². The van der Waals surface area contributed by atoms with E-state index < -0.39 is 23.6 Å². The molecule has 2 aromatic carbocycles. The molecular formula is C20H17N3O5. The number of anilines is 1. The Bertz CT molecular complexity index is 1050. The summed E-state index contributed by atoms with van der Waals surface area (Å²) in [5, 5.41) is 2.46. The highest BCUT2D eigenvalue weighted by molar-refractivity contribution is 6.45. The number of ketones is 1. The molecule has 142 valence electrons. The number of para-hydroxylation sites is 2. The second kappa shape index (κ2) is 8.26. The molecule has 1 unspecified atom stereocenters. The Morgan fingerprint density at radius 2 is 1.75 bits per heavy atom. The number of fused-ring (bicyclic) bond motifs is 1. The minimum atomic E-state index is -1.52. The minimum absolute atomic E-state index is 0.0383. The van der Waals surface area contributed by atoms with E-state index >= 15 is 0 Å². The summed E-state index contributed by atoms with van der Waals surface area (Å²) < 4.78 is 9.79. The molecule has 0 aliphatic carbocycles. The van der Waals surface area contributed by atoms with Crippen molar-refractivity contribution in [3.63, 3.8) is 0 Å². The third kappa shape index (κ3) is 3.96. The summed E-state index contributed by atoms with van der Waals surface area (Å²) in [7, 11) is 2.62. The molecule has 0 radical (unpaired) electrons. The maximum atomic E-state index is 12.7. The van der Waals surface area contributed by atoms with Gasteiger partial charge in [0, 0.05) is 11.8 Å². The highest BCUT2D eigenvalue weighted by atomic mass is 16.5. The molecule has 0 bridgehead atoms. The van der Waals surface area contributed by atoms with Crippen molar-refractivity contribution in [2.24, 2.45) is 0 Å². The first-order chi connectivity index (χ1) is 13.5. The summed E-state index contributed by atoms with van der Waals surface area (Å²) in [6.45, 7) is 0. The monoisotopic (exact) mass is 379 g/mol. The van der Waals surface area contributed by atoms with Crippen LogP contribution < -0.4 is 10.1 Å². The van der Waals surface area contributed by atoms with Crippen molar-refractivity contribution in [2.45, 2.75) is 5.92 Å². The zero-order valence-corrected chi connectivity index (χ0v) is 15.2. The van der Waals surface area contributed by atoms with Crippen molar-refractivity contribution in [1.82, 2.24) is 9.97 Å². The predicted octanol–water partition coefficient (Wildman–Crippen LogP) is 2.10. The number of methoxy groups -OCH3 is 2. The molecule has 0 fully saturated rings. The quantitative estimate of drug-likeness (QED) is 0.397. The van der Waals surface area contributed by atoms with E-state index in [2.05, 4.69) is 15.3 Å². The fourth-order valence-electron chi connectivity index (χ4n) is 2.62. The molecule has 0 spiro atoms. The number of Topliss-reactive ketones (excluding diaryl/α,β-unsaturated/α-hetero) is 1. The minimum Gasteiger partial charge on any atom is -0.497 e. The van der Waals surface area contributed by atoms with Gasteiger partial charge in [-0.3, -0.25) is 19.4 Å². The zero-order valence-electron chi connectivity index (χ0n) is 15.2. The zero-order chi connectivity index (χ0) is 20.1. The van der Waals surface area contributed by atoms with Gasteiger partial charge in [-0.1, -0.05) is 18.2 Å². The topological polar surface area (TPSA) is 107 Å². The molecule has 0 aliphatic rings. The van der Waals surface area contributed by atoms with E-state index in [-0.39, 0.29) is 5.69 Å². The molecule has 28 heavy (non-hydrogen) atoms. The maximum absolute atomic E-state index is 12.7. The molecule has 8 heteroatoms. The van der Waals surface area contributed by atoms with Gasteiger partial charge in [-0.2, -0.15) is 0 Å². The Labute approximate surface area is 160 Å². The number of carbonyl (C=O) groups is 3. The molecule has 0 saturated carbocycles. The van der Waals surface area contributed by atoms with Gasteiger partial charge < -0.3 is 14.8 Å². The number of amides is 1. The molecule has 1 heterocycles. The molecule has 1 N–H and O–H groups in total. The summed E-state index contributed by atoms with van der Waals surface area (Å²) >= 11 is 0. The SMILES string of the molecule is COC(=O)C(C(=O)C(=O)Nc1cccc(OC)c1)c1cnc2ccccc2n1. The average Bonchev–Trinajstić information content (AvgIpc) is 2.73. The van der Waals surface area contributed by atoms with Crippen molar-refractivity contribution >= 4 is 34.4 Å². The molecule has 1 atom stereocenters. The second-order valence-electron chi connectivity index (χ2n) is 5.79. The van der Waals surface area contributed by atoms with Gasteiger partial charge in [-0.05, 0) is 24.3 Å². The predicted molar refractivity (Wildman–Crippen MR) is 101 cm³/mol. The van der Waals surface area contributed by atoms with Crippen molar-refractivity contribution < 1.29 is 23.9 Å². The number of hydrogen-bond acceptors (Lipinski definition) is 7. The van der Waals surface area contributed by atoms with Gasteiger partial charge in [-0.25, -0.2) is 4.98 Å². The smallest absolute Gasteiger partial charge is 0.323 e. The average molecular weight is 379 g/mol. The standard InChI is InChI=1S/C20H17N3O5/c1-27-13-7-5-6-12(10-13)22-19(25)18(24)17(20(26)28-2)16-11-21-14-8-3-4-9-15(14)23-16/h3-11,17H,1-2H3,(H,22,25). The van der Waals surface area contributed by atoms with Crippen LogP contribution in [0.25, 0.3) is 11.0 Å². The van der Waals surface area contributed by atoms with Crippen molar-refractivity contribution in [3.05, 3.63) is 60.4 Å². The molecule has 8 nitrogen and oxygen atoms in total. The van der Waals surface area contributed by atoms with Gasteiger partial charge in [0.25, 0.3) is 5.91 Å². The summed E-state index contributed by atoms with van der Waals surface area (Å²) in [5.74, 6) is -3.88. The van der Waals surface area contributed by atoms with E-state index in [1.54, 1.807) is 48.5 Å². The lowest BCUT2D eigenvalue weighted by molar-refractivity contribution is -0.148. The summed E-state index contributed by atoms with van der Waals surface area (Å²) in [6, 6.07) is 13.5. The lowest BCUT2D eigenvalue weighted by atomic mass is 9.99. The number of hydrogen-bond donors (Lipinski definition) is 1. The fraction of sp³-hybridized carbons (Fsp3) is 0.150. The van der Waals surface area contributed by atoms with Crippen LogP contribution in [0.3, 0.4) is 0 Å². The van der Waals surface area contributed by atoms with Crippen LogP contribution in [0, 0.1) is 0 Å². The van der Waals surface area contributed by atoms with Crippen LogP contribution in [-0.4, -0.2) is 41.8 Å². The number of nitrogens with zero attached hydrogens (tertiary/aromatic N) is 2. The lowest BCUT2D eigenvalue weighted by Crippen LogP contribution is -2.34. The maximum Gasteiger partial charge on any atom is 0.323 e. The van der Waals surface area contributed by atoms with Gasteiger partial charge in [0.05, 0.1) is 37.1 Å². The van der Waals surface area contributed by atoms with Crippen LogP contribution >= 0.6 is 0 Å². The first kappa shape index (κ1) is 19.0. The molecule has 1 amide bonds. The van der Waals surface area contributed by atoms with Crippen LogP contribution in [0.5, 0.6) is 5.75 Å². The number of ether oxygens (including phenoxy) is 2. The molecule has 3 rings (SSSR count). The first-order valence-electron chi connectivity index (χ1n) is 8.32. The third-order valence-corrected chi connectivity index (χ3v) is 4.01. The van der Waals surface area contributed by atoms with E-state index in [0.717, 1.165) is 7.11 Å². The van der Waals surface area contributed by atoms with Gasteiger partial charge in [0.1, 0.15) is 5.75 Å². The van der Waals surface area contributed by atoms with Crippen LogP contribution in [0.15, 0.2) is 54.7 Å². The summed E-state index contributed by atoms with van der Waals surface area (Å²) in [6.07, 6.45) is 1.29. The first-order valence-corrected chi connectivity index (χ1v) is 8.32. The largest absolute Gasteiger partial charge is 0.497 e. The normalized spacial score (nSPS) is 11.5. The highest BCUT2D eigenvalue weighted by Crippen LogP contribution is 2.21. The third-order valence-electron chi connectivity index (χ3n) is 4.01. The van der Waals surface area contributed by atoms with E-state index in [1.807, 2.05) is 0 Å². The van der Waals surface area contributed by atoms with Gasteiger partial charge >= 0.3 is 5.97 Å². The van der Waals surface area contributed by atoms with Gasteiger partial charge in [-0.15, -0.1) is 0 Å². The van der Waals surface area contributed by atoms with Gasteiger partial charge in [0.2, 0.25) is 5.78 Å². The van der Waals surface area contributed by atoms with Crippen LogP contribution in [0.4, 0.5) is 5.69 Å². The van der Waals surface area contributed by atoms with Crippen LogP contribution in [0.2, 0.25) is 0 Å². The summed E-state index contributed by atoms with van der Waals surface area (Å²) in [4.78, 5) is 45.9. The van der Waals surface area contributed by atoms with E-state index in [4.69, 9.17) is 9.47 Å². The molecule has 0 aliphatic heterocycles. The Morgan fingerprint density at radius 1 is 1.00 bits per heavy atom. The van der Waals surface area contributed by atoms with Crippen molar-refractivity contribution in [2.75, 3.05) is 19.5 Å². The number of esters is 1. The van der Waals surface area contributed by atoms with E-state index in [0.29, 0.717) is 22.5 Å². The number of aromatic nitrogens is 2. The van der Waals surface area contributed by atoms with Gasteiger partial charge in [0.15, 0.2) is 5.92 Å². The molecule has 1 aromatic heterocycles. The lowest BCUT2D eigenvalue weighted by Gasteiger charge is -2.13. The Hall–Kier alpha value is -3.81. The number of carbonyl (C=O) groups excluding carboxylic acids is 3.